The summed E-state index contributed by atoms with van der Waals surface area (Å²) in [6, 6.07) is 8.14. The van der Waals surface area contributed by atoms with Crippen molar-refractivity contribution in [2.24, 2.45) is 17.8 Å². The predicted octanol–water partition coefficient (Wildman–Crippen LogP) is 5.81. The van der Waals surface area contributed by atoms with E-state index in [0.29, 0.717) is 11.2 Å². The number of halogens is 1. The number of hydrogen-bond donors (Lipinski definition) is 0. The third-order valence-corrected chi connectivity index (χ3v) is 7.62. The van der Waals surface area contributed by atoms with Crippen LogP contribution in [0.3, 0.4) is 0 Å². The molecule has 3 rings (SSSR count). The molecule has 1 saturated carbocycles. The van der Waals surface area contributed by atoms with Crippen molar-refractivity contribution in [3.63, 3.8) is 0 Å². The molecule has 0 bridgehead atoms. The van der Waals surface area contributed by atoms with Gasteiger partial charge in [-0.1, -0.05) is 43.6 Å². The number of thioether (sulfide) groups is 1. The summed E-state index contributed by atoms with van der Waals surface area (Å²) in [5.74, 6) is 3.23. The van der Waals surface area contributed by atoms with Gasteiger partial charge < -0.3 is 4.90 Å². The minimum absolute atomic E-state index is 0.261. The summed E-state index contributed by atoms with van der Waals surface area (Å²) < 4.78 is 0. The summed E-state index contributed by atoms with van der Waals surface area (Å²) >= 11 is 8.32. The second-order valence-corrected chi connectivity index (χ2v) is 9.57. The molecule has 4 heteroatoms. The Hall–Kier alpha value is -0.670. The molecule has 1 unspecified atom stereocenters. The fourth-order valence-electron chi connectivity index (χ4n) is 4.27. The van der Waals surface area contributed by atoms with Gasteiger partial charge in [-0.25, -0.2) is 0 Å². The fourth-order valence-corrected chi connectivity index (χ4v) is 5.87. The molecule has 1 aliphatic heterocycles. The molecule has 138 valence electrons. The molecule has 0 N–H and O–H groups in total. The van der Waals surface area contributed by atoms with Crippen LogP contribution in [0.5, 0.6) is 0 Å². The van der Waals surface area contributed by atoms with Crippen LogP contribution in [-0.4, -0.2) is 29.6 Å². The van der Waals surface area contributed by atoms with Crippen LogP contribution >= 0.6 is 23.4 Å². The van der Waals surface area contributed by atoms with E-state index in [9.17, 15) is 4.79 Å². The Morgan fingerprint density at radius 2 is 1.84 bits per heavy atom. The molecule has 1 aromatic carbocycles. The lowest BCUT2D eigenvalue weighted by atomic mass is 9.76. The van der Waals surface area contributed by atoms with Crippen molar-refractivity contribution in [1.29, 1.82) is 0 Å². The van der Waals surface area contributed by atoms with E-state index in [2.05, 4.69) is 30.9 Å². The Morgan fingerprint density at radius 3 is 2.52 bits per heavy atom. The minimum atomic E-state index is 0.261. The Bertz CT molecular complexity index is 583. The Balaban J connectivity index is 1.56. The zero-order valence-corrected chi connectivity index (χ0v) is 17.0. The van der Waals surface area contributed by atoms with Crippen LogP contribution in [0.2, 0.25) is 5.02 Å². The lowest BCUT2D eigenvalue weighted by Crippen LogP contribution is -2.39. The molecule has 0 radical (unpaired) electrons. The molecule has 1 saturated heterocycles. The number of hydrogen-bond acceptors (Lipinski definition) is 2. The molecular formula is C21H30ClNOS. The Labute approximate surface area is 161 Å². The third kappa shape index (κ3) is 4.74. The fraction of sp³-hybridized carbons (Fsp3) is 0.667. The molecule has 2 fully saturated rings. The summed E-state index contributed by atoms with van der Waals surface area (Å²) in [5, 5.41) is 1.26. The first-order valence-electron chi connectivity index (χ1n) is 9.71. The van der Waals surface area contributed by atoms with Crippen molar-refractivity contribution in [3.8, 4) is 0 Å². The van der Waals surface area contributed by atoms with Crippen molar-refractivity contribution in [2.45, 2.75) is 51.2 Å². The first-order chi connectivity index (χ1) is 12.1. The van der Waals surface area contributed by atoms with Crippen LogP contribution < -0.4 is 0 Å². The number of carbonyl (C=O) groups excluding carboxylic acids is 1. The summed E-state index contributed by atoms with van der Waals surface area (Å²) in [4.78, 5) is 15.1. The molecule has 0 aromatic heterocycles. The highest BCUT2D eigenvalue weighted by Crippen LogP contribution is 2.39. The molecule has 0 spiro atoms. The molecule has 1 aromatic rings. The van der Waals surface area contributed by atoms with E-state index in [-0.39, 0.29) is 5.92 Å². The van der Waals surface area contributed by atoms with Gasteiger partial charge in [0, 0.05) is 35.0 Å². The van der Waals surface area contributed by atoms with E-state index in [0.717, 1.165) is 55.0 Å². The molecule has 1 aliphatic carbocycles. The highest BCUT2D eigenvalue weighted by Gasteiger charge is 2.31. The van der Waals surface area contributed by atoms with Crippen molar-refractivity contribution >= 4 is 29.3 Å². The number of benzene rings is 1. The second kappa shape index (κ2) is 8.81. The van der Waals surface area contributed by atoms with E-state index in [1.54, 1.807) is 0 Å². The highest BCUT2D eigenvalue weighted by molar-refractivity contribution is 7.99. The average Bonchev–Trinajstić information content (AvgIpc) is 2.87. The third-order valence-electron chi connectivity index (χ3n) is 5.97. The first kappa shape index (κ1) is 19.1. The van der Waals surface area contributed by atoms with Crippen LogP contribution in [0.4, 0.5) is 0 Å². The molecule has 1 heterocycles. The molecular weight excluding hydrogens is 350 g/mol. The van der Waals surface area contributed by atoms with E-state index < -0.39 is 0 Å². The first-order valence-corrected chi connectivity index (χ1v) is 11.1. The lowest BCUT2D eigenvalue weighted by Gasteiger charge is -2.33. The van der Waals surface area contributed by atoms with E-state index >= 15 is 0 Å². The van der Waals surface area contributed by atoms with Crippen molar-refractivity contribution < 1.29 is 4.79 Å². The monoisotopic (exact) mass is 379 g/mol. The van der Waals surface area contributed by atoms with E-state index in [1.807, 2.05) is 23.9 Å². The van der Waals surface area contributed by atoms with E-state index in [1.165, 1.54) is 18.4 Å². The molecule has 2 nitrogen and oxygen atoms in total. The maximum Gasteiger partial charge on any atom is 0.225 e. The normalized spacial score (nSPS) is 28.0. The maximum atomic E-state index is 13.0. The number of amides is 1. The van der Waals surface area contributed by atoms with Gasteiger partial charge >= 0.3 is 0 Å². The summed E-state index contributed by atoms with van der Waals surface area (Å²) in [6.07, 6.45) is 5.61. The largest absolute Gasteiger partial charge is 0.342 e. The van der Waals surface area contributed by atoms with Gasteiger partial charge in [0.2, 0.25) is 5.91 Å². The topological polar surface area (TPSA) is 20.3 Å². The molecule has 25 heavy (non-hydrogen) atoms. The van der Waals surface area contributed by atoms with Gasteiger partial charge in [0.25, 0.3) is 0 Å². The lowest BCUT2D eigenvalue weighted by molar-refractivity contribution is -0.136. The molecule has 1 atom stereocenters. The van der Waals surface area contributed by atoms with Gasteiger partial charge in [-0.3, -0.25) is 4.79 Å². The zero-order valence-electron chi connectivity index (χ0n) is 15.4. The zero-order chi connectivity index (χ0) is 17.8. The summed E-state index contributed by atoms with van der Waals surface area (Å²) in [5.41, 5.74) is 1.22. The molecule has 2 aliphatic rings. The van der Waals surface area contributed by atoms with Crippen LogP contribution in [0.1, 0.15) is 56.8 Å². The Kier molecular flexibility index (Phi) is 6.73. The van der Waals surface area contributed by atoms with Crippen molar-refractivity contribution in [1.82, 2.24) is 4.90 Å². The van der Waals surface area contributed by atoms with Gasteiger partial charge in [0.05, 0.1) is 0 Å². The van der Waals surface area contributed by atoms with Gasteiger partial charge in [-0.15, -0.1) is 0 Å². The van der Waals surface area contributed by atoms with Crippen LogP contribution in [0.15, 0.2) is 24.3 Å². The van der Waals surface area contributed by atoms with E-state index in [4.69, 9.17) is 11.6 Å². The predicted molar refractivity (Wildman–Crippen MR) is 108 cm³/mol. The van der Waals surface area contributed by atoms with Gasteiger partial charge in [-0.2, -0.15) is 11.8 Å². The smallest absolute Gasteiger partial charge is 0.225 e. The SMILES string of the molecule is CC(C)C1CCC(C(=O)N2CCSC(c3ccccc3Cl)CC2)CC1. The number of nitrogens with zero attached hydrogens (tertiary/aromatic N) is 1. The van der Waals surface area contributed by atoms with Crippen LogP contribution in [0, 0.1) is 17.8 Å². The van der Waals surface area contributed by atoms with Crippen molar-refractivity contribution in [3.05, 3.63) is 34.9 Å². The second-order valence-electron chi connectivity index (χ2n) is 7.85. The standard InChI is InChI=1S/C21H30ClNOS/c1-15(2)16-7-9-17(10-8-16)21(24)23-12-11-20(25-14-13-23)18-5-3-4-6-19(18)22/h3-6,15-17,20H,7-14H2,1-2H3. The van der Waals surface area contributed by atoms with Gasteiger partial charge in [0.15, 0.2) is 0 Å². The van der Waals surface area contributed by atoms with Gasteiger partial charge in [-0.05, 0) is 55.6 Å². The highest BCUT2D eigenvalue weighted by atomic mass is 35.5. The van der Waals surface area contributed by atoms with Crippen LogP contribution in [0.25, 0.3) is 0 Å². The maximum absolute atomic E-state index is 13.0. The summed E-state index contributed by atoms with van der Waals surface area (Å²) in [6.45, 7) is 6.38. The van der Waals surface area contributed by atoms with Crippen LogP contribution in [-0.2, 0) is 4.79 Å². The van der Waals surface area contributed by atoms with Gasteiger partial charge in [0.1, 0.15) is 0 Å². The minimum Gasteiger partial charge on any atom is -0.342 e. The van der Waals surface area contributed by atoms with Crippen molar-refractivity contribution in [2.75, 3.05) is 18.8 Å². The summed E-state index contributed by atoms with van der Waals surface area (Å²) in [7, 11) is 0. The average molecular weight is 380 g/mol. The quantitative estimate of drug-likeness (QED) is 0.660. The molecule has 1 amide bonds. The number of carbonyl (C=O) groups is 1. The Morgan fingerprint density at radius 1 is 1.12 bits per heavy atom. The number of rotatable bonds is 3.